The maximum atomic E-state index is 10.5. The Morgan fingerprint density at radius 3 is 2.72 bits per heavy atom. The quantitative estimate of drug-likeness (QED) is 0.855. The lowest BCUT2D eigenvalue weighted by atomic mass is 9.92. The molecule has 0 saturated carbocycles. The number of nitrogens with zero attached hydrogens (tertiary/aromatic N) is 3. The van der Waals surface area contributed by atoms with E-state index in [1.807, 2.05) is 0 Å². The Morgan fingerprint density at radius 2 is 2.17 bits per heavy atom. The van der Waals surface area contributed by atoms with Gasteiger partial charge in [-0.15, -0.1) is 10.2 Å². The molecule has 6 nitrogen and oxygen atoms in total. The summed E-state index contributed by atoms with van der Waals surface area (Å²) in [6.07, 6.45) is 3.19. The third-order valence-corrected chi connectivity index (χ3v) is 3.40. The number of carboxylic acids is 1. The average molecular weight is 253 g/mol. The first-order valence-electron chi connectivity index (χ1n) is 6.36. The molecule has 0 unspecified atom stereocenters. The van der Waals surface area contributed by atoms with Gasteiger partial charge in [-0.3, -0.25) is 9.69 Å². The van der Waals surface area contributed by atoms with E-state index in [9.17, 15) is 4.79 Å². The molecule has 2 heterocycles. The fourth-order valence-electron chi connectivity index (χ4n) is 2.35. The minimum absolute atomic E-state index is 0.285. The van der Waals surface area contributed by atoms with Gasteiger partial charge in [-0.1, -0.05) is 0 Å². The standard InChI is InChI=1S/C12H19N3O3/c1-9-13-14-11(18-9)8-15-6-4-10(5-7-15)2-3-12(16)17/h10H,2-8H2,1H3,(H,16,17). The Labute approximate surface area is 106 Å². The smallest absolute Gasteiger partial charge is 0.303 e. The molecule has 6 heteroatoms. The summed E-state index contributed by atoms with van der Waals surface area (Å²) >= 11 is 0. The minimum Gasteiger partial charge on any atom is -0.481 e. The Kier molecular flexibility index (Phi) is 4.30. The van der Waals surface area contributed by atoms with Crippen molar-refractivity contribution in [3.8, 4) is 0 Å². The molecular formula is C12H19N3O3. The predicted octanol–water partition coefficient (Wildman–Crippen LogP) is 1.45. The number of aromatic nitrogens is 2. The Balaban J connectivity index is 1.71. The summed E-state index contributed by atoms with van der Waals surface area (Å²) in [6, 6.07) is 0. The zero-order chi connectivity index (χ0) is 13.0. The van der Waals surface area contributed by atoms with E-state index in [2.05, 4.69) is 15.1 Å². The average Bonchev–Trinajstić information content (AvgIpc) is 2.74. The van der Waals surface area contributed by atoms with Crippen molar-refractivity contribution in [2.24, 2.45) is 5.92 Å². The fraction of sp³-hybridized carbons (Fsp3) is 0.750. The first-order chi connectivity index (χ1) is 8.63. The van der Waals surface area contributed by atoms with Gasteiger partial charge in [0.1, 0.15) is 0 Å². The van der Waals surface area contributed by atoms with Gasteiger partial charge in [0, 0.05) is 13.3 Å². The molecule has 1 N–H and O–H groups in total. The van der Waals surface area contributed by atoms with Gasteiger partial charge in [0.05, 0.1) is 6.54 Å². The Hall–Kier alpha value is -1.43. The molecule has 2 rings (SSSR count). The van der Waals surface area contributed by atoms with E-state index < -0.39 is 5.97 Å². The van der Waals surface area contributed by atoms with E-state index in [0.717, 1.165) is 32.4 Å². The lowest BCUT2D eigenvalue weighted by Crippen LogP contribution is -2.33. The van der Waals surface area contributed by atoms with E-state index >= 15 is 0 Å². The molecular weight excluding hydrogens is 234 g/mol. The van der Waals surface area contributed by atoms with Crippen LogP contribution in [-0.4, -0.2) is 39.3 Å². The number of hydrogen-bond acceptors (Lipinski definition) is 5. The second-order valence-electron chi connectivity index (χ2n) is 4.87. The van der Waals surface area contributed by atoms with Gasteiger partial charge < -0.3 is 9.52 Å². The monoisotopic (exact) mass is 253 g/mol. The highest BCUT2D eigenvalue weighted by molar-refractivity contribution is 5.66. The van der Waals surface area contributed by atoms with Crippen LogP contribution in [0.1, 0.15) is 37.5 Å². The summed E-state index contributed by atoms with van der Waals surface area (Å²) in [5.74, 6) is 1.11. The third kappa shape index (κ3) is 3.80. The van der Waals surface area contributed by atoms with Crippen LogP contribution in [0.2, 0.25) is 0 Å². The topological polar surface area (TPSA) is 79.5 Å². The van der Waals surface area contributed by atoms with Crippen LogP contribution in [-0.2, 0) is 11.3 Å². The van der Waals surface area contributed by atoms with E-state index in [4.69, 9.17) is 9.52 Å². The second-order valence-corrected chi connectivity index (χ2v) is 4.87. The molecule has 0 radical (unpaired) electrons. The zero-order valence-corrected chi connectivity index (χ0v) is 10.6. The van der Waals surface area contributed by atoms with Gasteiger partial charge in [0.15, 0.2) is 0 Å². The molecule has 18 heavy (non-hydrogen) atoms. The summed E-state index contributed by atoms with van der Waals surface area (Å²) in [4.78, 5) is 12.8. The number of carbonyl (C=O) groups is 1. The number of aliphatic carboxylic acids is 1. The number of likely N-dealkylation sites (tertiary alicyclic amines) is 1. The largest absolute Gasteiger partial charge is 0.481 e. The molecule has 100 valence electrons. The van der Waals surface area contributed by atoms with Crippen LogP contribution in [0.4, 0.5) is 0 Å². The van der Waals surface area contributed by atoms with Gasteiger partial charge in [-0.2, -0.15) is 0 Å². The molecule has 1 aliphatic heterocycles. The van der Waals surface area contributed by atoms with Crippen molar-refractivity contribution < 1.29 is 14.3 Å². The molecule has 0 aromatic carbocycles. The van der Waals surface area contributed by atoms with Crippen LogP contribution in [0.25, 0.3) is 0 Å². The van der Waals surface area contributed by atoms with Crippen LogP contribution in [0.3, 0.4) is 0 Å². The van der Waals surface area contributed by atoms with Crippen LogP contribution < -0.4 is 0 Å². The van der Waals surface area contributed by atoms with Crippen molar-refractivity contribution in [2.45, 2.75) is 39.2 Å². The number of carboxylic acid groups (broad SMARTS) is 1. The summed E-state index contributed by atoms with van der Waals surface area (Å²) in [5, 5.41) is 16.4. The summed E-state index contributed by atoms with van der Waals surface area (Å²) in [5.41, 5.74) is 0. The Bertz CT molecular complexity index is 397. The highest BCUT2D eigenvalue weighted by Gasteiger charge is 2.21. The fourth-order valence-corrected chi connectivity index (χ4v) is 2.35. The molecule has 0 aliphatic carbocycles. The normalized spacial score (nSPS) is 18.1. The lowest BCUT2D eigenvalue weighted by molar-refractivity contribution is -0.137. The number of hydrogen-bond donors (Lipinski definition) is 1. The molecule has 0 atom stereocenters. The van der Waals surface area contributed by atoms with Crippen molar-refractivity contribution in [1.82, 2.24) is 15.1 Å². The first kappa shape index (κ1) is 13.0. The van der Waals surface area contributed by atoms with Crippen LogP contribution in [0.15, 0.2) is 4.42 Å². The molecule has 1 aromatic rings. The Morgan fingerprint density at radius 1 is 1.44 bits per heavy atom. The minimum atomic E-state index is -0.696. The predicted molar refractivity (Wildman–Crippen MR) is 63.9 cm³/mol. The SMILES string of the molecule is Cc1nnc(CN2CCC(CCC(=O)O)CC2)o1. The zero-order valence-electron chi connectivity index (χ0n) is 10.6. The molecule has 0 bridgehead atoms. The second kappa shape index (κ2) is 5.95. The van der Waals surface area contributed by atoms with Crippen molar-refractivity contribution in [3.05, 3.63) is 11.8 Å². The van der Waals surface area contributed by atoms with Crippen molar-refractivity contribution >= 4 is 5.97 Å². The van der Waals surface area contributed by atoms with Gasteiger partial charge in [-0.05, 0) is 38.3 Å². The molecule has 1 aliphatic rings. The first-order valence-corrected chi connectivity index (χ1v) is 6.36. The summed E-state index contributed by atoms with van der Waals surface area (Å²) < 4.78 is 5.35. The van der Waals surface area contributed by atoms with E-state index in [1.54, 1.807) is 6.92 Å². The lowest BCUT2D eigenvalue weighted by Gasteiger charge is -2.30. The maximum Gasteiger partial charge on any atom is 0.303 e. The third-order valence-electron chi connectivity index (χ3n) is 3.40. The van der Waals surface area contributed by atoms with Crippen molar-refractivity contribution in [2.75, 3.05) is 13.1 Å². The molecule has 1 saturated heterocycles. The summed E-state index contributed by atoms with van der Waals surface area (Å²) in [6.45, 7) is 4.44. The van der Waals surface area contributed by atoms with Crippen LogP contribution >= 0.6 is 0 Å². The molecule has 1 fully saturated rings. The van der Waals surface area contributed by atoms with Crippen LogP contribution in [0.5, 0.6) is 0 Å². The van der Waals surface area contributed by atoms with Crippen molar-refractivity contribution in [1.29, 1.82) is 0 Å². The molecule has 0 spiro atoms. The van der Waals surface area contributed by atoms with E-state index in [1.165, 1.54) is 0 Å². The van der Waals surface area contributed by atoms with Gasteiger partial charge in [-0.25, -0.2) is 0 Å². The van der Waals surface area contributed by atoms with Gasteiger partial charge >= 0.3 is 5.97 Å². The highest BCUT2D eigenvalue weighted by atomic mass is 16.4. The van der Waals surface area contributed by atoms with E-state index in [-0.39, 0.29) is 6.42 Å². The van der Waals surface area contributed by atoms with Crippen LogP contribution in [0, 0.1) is 12.8 Å². The highest BCUT2D eigenvalue weighted by Crippen LogP contribution is 2.22. The van der Waals surface area contributed by atoms with Gasteiger partial charge in [0.25, 0.3) is 0 Å². The number of aryl methyl sites for hydroxylation is 1. The van der Waals surface area contributed by atoms with Gasteiger partial charge in [0.2, 0.25) is 11.8 Å². The summed E-state index contributed by atoms with van der Waals surface area (Å²) in [7, 11) is 0. The van der Waals surface area contributed by atoms with Crippen molar-refractivity contribution in [3.63, 3.8) is 0 Å². The number of rotatable bonds is 5. The number of piperidine rings is 1. The molecule has 1 aromatic heterocycles. The van der Waals surface area contributed by atoms with E-state index in [0.29, 0.717) is 24.2 Å². The molecule has 0 amide bonds. The maximum absolute atomic E-state index is 10.5.